The van der Waals surface area contributed by atoms with Crippen LogP contribution in [0, 0.1) is 0 Å². The molecular formula is C12H24N2O2. The summed E-state index contributed by atoms with van der Waals surface area (Å²) in [6, 6.07) is 0.614. The molecule has 1 aliphatic heterocycles. The second kappa shape index (κ2) is 5.96. The van der Waals surface area contributed by atoms with Crippen LogP contribution in [0.3, 0.4) is 0 Å². The van der Waals surface area contributed by atoms with Crippen LogP contribution in [-0.4, -0.2) is 56.0 Å². The number of nitrogens with zero attached hydrogens (tertiary/aromatic N) is 1. The van der Waals surface area contributed by atoms with Crippen molar-refractivity contribution in [2.24, 2.45) is 5.73 Å². The van der Waals surface area contributed by atoms with Crippen molar-refractivity contribution in [1.82, 2.24) is 4.90 Å². The number of nitrogens with two attached hydrogens (primary N) is 1. The standard InChI is InChI=1S/C12H24N2O2/c1-2-15-10(8-13)9-14-6-7-16-12-5-3-4-11(12)14/h10-12H,2-9,13H2,1H3. The minimum Gasteiger partial charge on any atom is -0.376 e. The third-order valence-corrected chi connectivity index (χ3v) is 3.70. The molecule has 0 aromatic rings. The molecule has 0 bridgehead atoms. The molecule has 0 amide bonds. The molecule has 1 saturated carbocycles. The molecule has 3 atom stereocenters. The summed E-state index contributed by atoms with van der Waals surface area (Å²) in [6.45, 7) is 6.26. The lowest BCUT2D eigenvalue weighted by molar-refractivity contribution is -0.0732. The summed E-state index contributed by atoms with van der Waals surface area (Å²) in [5, 5.41) is 0. The fraction of sp³-hybridized carbons (Fsp3) is 1.00. The van der Waals surface area contributed by atoms with Gasteiger partial charge in [-0.15, -0.1) is 0 Å². The van der Waals surface area contributed by atoms with Crippen LogP contribution >= 0.6 is 0 Å². The van der Waals surface area contributed by atoms with Gasteiger partial charge < -0.3 is 15.2 Å². The first kappa shape index (κ1) is 12.3. The summed E-state index contributed by atoms with van der Waals surface area (Å²) in [5.41, 5.74) is 5.73. The first-order valence-electron chi connectivity index (χ1n) is 6.52. The molecule has 0 radical (unpaired) electrons. The van der Waals surface area contributed by atoms with Gasteiger partial charge in [0, 0.05) is 32.3 Å². The van der Waals surface area contributed by atoms with Gasteiger partial charge in [-0.1, -0.05) is 0 Å². The molecule has 94 valence electrons. The molecule has 1 heterocycles. The average Bonchev–Trinajstić information content (AvgIpc) is 2.77. The largest absolute Gasteiger partial charge is 0.376 e. The summed E-state index contributed by atoms with van der Waals surface area (Å²) >= 11 is 0. The molecule has 16 heavy (non-hydrogen) atoms. The van der Waals surface area contributed by atoms with Gasteiger partial charge in [0.15, 0.2) is 0 Å². The van der Waals surface area contributed by atoms with Crippen LogP contribution in [0.5, 0.6) is 0 Å². The molecule has 0 aromatic carbocycles. The molecule has 3 unspecified atom stereocenters. The number of ether oxygens (including phenoxy) is 2. The van der Waals surface area contributed by atoms with E-state index < -0.39 is 0 Å². The fourth-order valence-corrected chi connectivity index (χ4v) is 2.92. The van der Waals surface area contributed by atoms with Crippen molar-refractivity contribution in [2.45, 2.75) is 44.4 Å². The molecule has 0 aromatic heterocycles. The van der Waals surface area contributed by atoms with Crippen LogP contribution in [0.15, 0.2) is 0 Å². The molecule has 1 saturated heterocycles. The van der Waals surface area contributed by atoms with E-state index in [-0.39, 0.29) is 6.10 Å². The van der Waals surface area contributed by atoms with Crippen molar-refractivity contribution < 1.29 is 9.47 Å². The monoisotopic (exact) mass is 228 g/mol. The van der Waals surface area contributed by atoms with Crippen molar-refractivity contribution in [3.63, 3.8) is 0 Å². The first-order chi connectivity index (χ1) is 7.85. The SMILES string of the molecule is CCOC(CN)CN1CCOC2CCCC21. The van der Waals surface area contributed by atoms with Gasteiger partial charge in [-0.2, -0.15) is 0 Å². The predicted molar refractivity (Wildman–Crippen MR) is 63.4 cm³/mol. The summed E-state index contributed by atoms with van der Waals surface area (Å²) in [5.74, 6) is 0. The number of fused-ring (bicyclic) bond motifs is 1. The Hall–Kier alpha value is -0.160. The average molecular weight is 228 g/mol. The van der Waals surface area contributed by atoms with Gasteiger partial charge in [0.2, 0.25) is 0 Å². The van der Waals surface area contributed by atoms with Gasteiger partial charge in [-0.05, 0) is 26.2 Å². The Kier molecular flexibility index (Phi) is 4.58. The Labute approximate surface area is 98.1 Å². The highest BCUT2D eigenvalue weighted by Gasteiger charge is 2.36. The van der Waals surface area contributed by atoms with Crippen molar-refractivity contribution in [1.29, 1.82) is 0 Å². The third-order valence-electron chi connectivity index (χ3n) is 3.70. The van der Waals surface area contributed by atoms with E-state index in [1.165, 1.54) is 19.3 Å². The van der Waals surface area contributed by atoms with Crippen LogP contribution in [-0.2, 0) is 9.47 Å². The van der Waals surface area contributed by atoms with Crippen LogP contribution in [0.1, 0.15) is 26.2 Å². The minimum absolute atomic E-state index is 0.185. The van der Waals surface area contributed by atoms with E-state index in [2.05, 4.69) is 4.90 Å². The van der Waals surface area contributed by atoms with Gasteiger partial charge in [-0.3, -0.25) is 4.90 Å². The van der Waals surface area contributed by atoms with Crippen LogP contribution in [0.2, 0.25) is 0 Å². The normalized spacial score (nSPS) is 32.6. The topological polar surface area (TPSA) is 47.7 Å². The smallest absolute Gasteiger partial charge is 0.0823 e. The number of rotatable bonds is 5. The molecule has 1 aliphatic carbocycles. The van der Waals surface area contributed by atoms with Crippen LogP contribution < -0.4 is 5.73 Å². The maximum absolute atomic E-state index is 5.79. The van der Waals surface area contributed by atoms with E-state index in [4.69, 9.17) is 15.2 Å². The van der Waals surface area contributed by atoms with Gasteiger partial charge in [0.1, 0.15) is 0 Å². The summed E-state index contributed by atoms with van der Waals surface area (Å²) < 4.78 is 11.4. The zero-order valence-electron chi connectivity index (χ0n) is 10.2. The van der Waals surface area contributed by atoms with Gasteiger partial charge in [-0.25, -0.2) is 0 Å². The molecule has 4 nitrogen and oxygen atoms in total. The maximum atomic E-state index is 5.79. The lowest BCUT2D eigenvalue weighted by Crippen LogP contribution is -2.52. The molecule has 0 spiro atoms. The summed E-state index contributed by atoms with van der Waals surface area (Å²) in [6.07, 6.45) is 4.45. The van der Waals surface area contributed by atoms with Gasteiger partial charge in [0.05, 0.1) is 18.8 Å². The number of morpholine rings is 1. The predicted octanol–water partition coefficient (Wildman–Crippen LogP) is 0.604. The Balaban J connectivity index is 1.87. The molecule has 2 N–H and O–H groups in total. The number of hydrogen-bond acceptors (Lipinski definition) is 4. The Morgan fingerprint density at radius 1 is 1.50 bits per heavy atom. The zero-order chi connectivity index (χ0) is 11.4. The molecule has 2 rings (SSSR count). The zero-order valence-corrected chi connectivity index (χ0v) is 10.2. The highest BCUT2D eigenvalue weighted by Crippen LogP contribution is 2.29. The van der Waals surface area contributed by atoms with E-state index in [9.17, 15) is 0 Å². The van der Waals surface area contributed by atoms with Crippen LogP contribution in [0.4, 0.5) is 0 Å². The van der Waals surface area contributed by atoms with Crippen molar-refractivity contribution in [2.75, 3.05) is 32.8 Å². The second-order valence-corrected chi connectivity index (χ2v) is 4.72. The second-order valence-electron chi connectivity index (χ2n) is 4.72. The van der Waals surface area contributed by atoms with Crippen molar-refractivity contribution in [3.05, 3.63) is 0 Å². The van der Waals surface area contributed by atoms with Crippen LogP contribution in [0.25, 0.3) is 0 Å². The Morgan fingerprint density at radius 3 is 3.12 bits per heavy atom. The van der Waals surface area contributed by atoms with Crippen molar-refractivity contribution in [3.8, 4) is 0 Å². The Bertz CT molecular complexity index is 213. The van der Waals surface area contributed by atoms with Gasteiger partial charge >= 0.3 is 0 Å². The molecule has 4 heteroatoms. The quantitative estimate of drug-likeness (QED) is 0.749. The lowest BCUT2D eigenvalue weighted by Gasteiger charge is -2.39. The highest BCUT2D eigenvalue weighted by atomic mass is 16.5. The van der Waals surface area contributed by atoms with Crippen molar-refractivity contribution >= 4 is 0 Å². The number of hydrogen-bond donors (Lipinski definition) is 1. The molecule has 2 aliphatic rings. The van der Waals surface area contributed by atoms with Gasteiger partial charge in [0.25, 0.3) is 0 Å². The van der Waals surface area contributed by atoms with E-state index in [0.717, 1.165) is 26.3 Å². The van der Waals surface area contributed by atoms with E-state index >= 15 is 0 Å². The summed E-state index contributed by atoms with van der Waals surface area (Å²) in [7, 11) is 0. The summed E-state index contributed by atoms with van der Waals surface area (Å²) in [4.78, 5) is 2.52. The lowest BCUT2D eigenvalue weighted by atomic mass is 10.1. The first-order valence-corrected chi connectivity index (χ1v) is 6.52. The molecule has 2 fully saturated rings. The van der Waals surface area contributed by atoms with E-state index in [0.29, 0.717) is 18.7 Å². The Morgan fingerprint density at radius 2 is 2.38 bits per heavy atom. The van der Waals surface area contributed by atoms with E-state index in [1.807, 2.05) is 6.92 Å². The highest BCUT2D eigenvalue weighted by molar-refractivity contribution is 4.90. The van der Waals surface area contributed by atoms with E-state index in [1.54, 1.807) is 0 Å². The molecular weight excluding hydrogens is 204 g/mol. The maximum Gasteiger partial charge on any atom is 0.0823 e. The third kappa shape index (κ3) is 2.74. The minimum atomic E-state index is 0.185. The fourth-order valence-electron chi connectivity index (χ4n) is 2.92.